The number of nitrogens with zero attached hydrogens (tertiary/aromatic N) is 1. The maximum absolute atomic E-state index is 11.3. The number of rotatable bonds is 2. The van der Waals surface area contributed by atoms with Crippen LogP contribution < -0.4 is 0 Å². The molecule has 0 aromatic carbocycles. The average molecular weight is 196 g/mol. The minimum atomic E-state index is -0.304. The largest absolute Gasteiger partial charge is 0.465 e. The van der Waals surface area contributed by atoms with Crippen LogP contribution in [-0.4, -0.2) is 12.6 Å². The topological polar surface area (TPSA) is 50.1 Å². The van der Waals surface area contributed by atoms with Crippen molar-refractivity contribution >= 4 is 17.7 Å². The highest BCUT2D eigenvalue weighted by Gasteiger charge is 2.34. The Labute approximate surface area is 81.8 Å². The van der Waals surface area contributed by atoms with Crippen LogP contribution in [0.3, 0.4) is 0 Å². The first-order chi connectivity index (χ1) is 6.20. The highest BCUT2D eigenvalue weighted by molar-refractivity contribution is 8.06. The smallest absolute Gasteiger partial charge is 0.325 e. The molecule has 0 spiro atoms. The quantitative estimate of drug-likeness (QED) is 0.633. The zero-order chi connectivity index (χ0) is 9.84. The van der Waals surface area contributed by atoms with E-state index in [0.29, 0.717) is 17.4 Å². The van der Waals surface area contributed by atoms with Gasteiger partial charge in [-0.25, -0.2) is 0 Å². The van der Waals surface area contributed by atoms with Crippen molar-refractivity contribution in [2.75, 3.05) is 6.61 Å². The summed E-state index contributed by atoms with van der Waals surface area (Å²) in [6.45, 7) is 3.97. The molecule has 1 unspecified atom stereocenters. The van der Waals surface area contributed by atoms with E-state index in [2.05, 4.69) is 6.07 Å². The summed E-state index contributed by atoms with van der Waals surface area (Å²) in [7, 11) is 0. The van der Waals surface area contributed by atoms with Crippen LogP contribution in [0.25, 0.3) is 0 Å². The highest BCUT2D eigenvalue weighted by atomic mass is 32.2. The average Bonchev–Trinajstić information content (AvgIpc) is 2.47. The molecular weight excluding hydrogens is 186 g/mol. The summed E-state index contributed by atoms with van der Waals surface area (Å²) < 4.78 is 4.85. The minimum absolute atomic E-state index is 0.103. The maximum Gasteiger partial charge on any atom is 0.325 e. The molecule has 0 aromatic heterocycles. The molecule has 1 aliphatic rings. The van der Waals surface area contributed by atoms with Crippen molar-refractivity contribution < 1.29 is 9.53 Å². The van der Waals surface area contributed by atoms with Gasteiger partial charge >= 0.3 is 5.97 Å². The number of thioether (sulfide) groups is 1. The molecule has 3 nitrogen and oxygen atoms in total. The normalized spacial score (nSPS) is 22.2. The molecule has 4 heteroatoms. The first kappa shape index (κ1) is 10.1. The Morgan fingerprint density at radius 1 is 1.85 bits per heavy atom. The van der Waals surface area contributed by atoms with E-state index >= 15 is 0 Å². The summed E-state index contributed by atoms with van der Waals surface area (Å²) >= 11 is 1.29. The number of hydrogen-bond acceptors (Lipinski definition) is 4. The third-order valence-electron chi connectivity index (χ3n) is 1.78. The predicted octanol–water partition coefficient (Wildman–Crippen LogP) is 1.87. The second kappa shape index (κ2) is 4.33. The van der Waals surface area contributed by atoms with Gasteiger partial charge in [-0.1, -0.05) is 6.92 Å². The fourth-order valence-corrected chi connectivity index (χ4v) is 2.02. The molecule has 1 radical (unpaired) electrons. The Hall–Kier alpha value is -0.950. The van der Waals surface area contributed by atoms with Gasteiger partial charge in [0.15, 0.2) is 5.25 Å². The first-order valence-electron chi connectivity index (χ1n) is 4.01. The van der Waals surface area contributed by atoms with Crippen LogP contribution in [0.5, 0.6) is 0 Å². The van der Waals surface area contributed by atoms with E-state index in [4.69, 9.17) is 10.00 Å². The summed E-state index contributed by atoms with van der Waals surface area (Å²) in [4.78, 5) is 11.3. The molecule has 1 heterocycles. The van der Waals surface area contributed by atoms with E-state index in [9.17, 15) is 4.79 Å². The maximum atomic E-state index is 11.3. The predicted molar refractivity (Wildman–Crippen MR) is 50.3 cm³/mol. The zero-order valence-electron chi connectivity index (χ0n) is 7.53. The van der Waals surface area contributed by atoms with Gasteiger partial charge in [-0.15, -0.1) is 11.8 Å². The Balaban J connectivity index is 2.60. The Morgan fingerprint density at radius 2 is 2.54 bits per heavy atom. The number of carbonyl (C=O) groups excluding carboxylic acids is 1. The summed E-state index contributed by atoms with van der Waals surface area (Å²) in [5.74, 6) is -0.407. The van der Waals surface area contributed by atoms with E-state index in [-0.39, 0.29) is 11.9 Å². The molecule has 13 heavy (non-hydrogen) atoms. The molecule has 0 saturated carbocycles. The number of carbonyl (C=O) groups is 1. The second-order valence-corrected chi connectivity index (χ2v) is 3.52. The van der Waals surface area contributed by atoms with Crippen LogP contribution in [0.2, 0.25) is 0 Å². The number of ether oxygens (including phenoxy) is 1. The first-order valence-corrected chi connectivity index (χ1v) is 4.89. The lowest BCUT2D eigenvalue weighted by Gasteiger charge is -2.11. The lowest BCUT2D eigenvalue weighted by Crippen LogP contribution is -2.17. The lowest BCUT2D eigenvalue weighted by molar-refractivity contribution is -0.140. The summed E-state index contributed by atoms with van der Waals surface area (Å²) in [5, 5.41) is 11.0. The summed E-state index contributed by atoms with van der Waals surface area (Å²) in [5.41, 5.74) is 0.632. The molecule has 0 amide bonds. The molecule has 0 fully saturated rings. The van der Waals surface area contributed by atoms with E-state index in [1.54, 1.807) is 12.3 Å². The Bertz CT molecular complexity index is 280. The van der Waals surface area contributed by atoms with Crippen molar-refractivity contribution in [1.82, 2.24) is 0 Å². The van der Waals surface area contributed by atoms with E-state index in [1.165, 1.54) is 11.8 Å². The molecule has 0 aromatic rings. The highest BCUT2D eigenvalue weighted by Crippen LogP contribution is 2.41. The van der Waals surface area contributed by atoms with E-state index in [1.807, 2.05) is 6.92 Å². The van der Waals surface area contributed by atoms with Gasteiger partial charge in [-0.2, -0.15) is 5.26 Å². The van der Waals surface area contributed by atoms with Crippen molar-refractivity contribution in [3.63, 3.8) is 0 Å². The van der Waals surface area contributed by atoms with Crippen LogP contribution in [0.1, 0.15) is 13.8 Å². The Kier molecular flexibility index (Phi) is 3.38. The summed E-state index contributed by atoms with van der Waals surface area (Å²) in [6.07, 6.45) is 0. The van der Waals surface area contributed by atoms with Gasteiger partial charge in [0.05, 0.1) is 12.7 Å². The molecule has 0 bridgehead atoms. The van der Waals surface area contributed by atoms with Crippen LogP contribution in [0.4, 0.5) is 0 Å². The molecule has 1 rings (SSSR count). The van der Waals surface area contributed by atoms with Crippen molar-refractivity contribution in [2.24, 2.45) is 5.92 Å². The molecule has 69 valence electrons. The second-order valence-electron chi connectivity index (χ2n) is 2.61. The number of hydrogen-bond donors (Lipinski definition) is 0. The van der Waals surface area contributed by atoms with Gasteiger partial charge in [0.1, 0.15) is 0 Å². The zero-order valence-corrected chi connectivity index (χ0v) is 8.35. The fraction of sp³-hybridized carbons (Fsp3) is 0.444. The van der Waals surface area contributed by atoms with Gasteiger partial charge in [-0.3, -0.25) is 4.79 Å². The number of esters is 1. The van der Waals surface area contributed by atoms with Crippen LogP contribution in [-0.2, 0) is 9.53 Å². The minimum Gasteiger partial charge on any atom is -0.465 e. The molecule has 0 N–H and O–H groups in total. The van der Waals surface area contributed by atoms with Gasteiger partial charge in [0.2, 0.25) is 0 Å². The third kappa shape index (κ3) is 2.04. The van der Waals surface area contributed by atoms with E-state index < -0.39 is 0 Å². The van der Waals surface area contributed by atoms with Crippen molar-refractivity contribution in [2.45, 2.75) is 13.8 Å². The SMILES string of the molecule is CCOC(=O)[C]1SC=C(C#N)C1C. The third-order valence-corrected chi connectivity index (χ3v) is 2.92. The molecular formula is C9H10NO2S. The van der Waals surface area contributed by atoms with Crippen LogP contribution >= 0.6 is 11.8 Å². The lowest BCUT2D eigenvalue weighted by atomic mass is 10.0. The monoisotopic (exact) mass is 196 g/mol. The number of allylic oxidation sites excluding steroid dienone is 1. The molecule has 0 saturated heterocycles. The van der Waals surface area contributed by atoms with Gasteiger partial charge in [0, 0.05) is 11.5 Å². The van der Waals surface area contributed by atoms with Crippen molar-refractivity contribution in [1.29, 1.82) is 5.26 Å². The van der Waals surface area contributed by atoms with Crippen LogP contribution in [0.15, 0.2) is 11.0 Å². The van der Waals surface area contributed by atoms with Gasteiger partial charge < -0.3 is 4.74 Å². The number of nitriles is 1. The molecule has 1 atom stereocenters. The van der Waals surface area contributed by atoms with Crippen molar-refractivity contribution in [3.05, 3.63) is 16.2 Å². The van der Waals surface area contributed by atoms with Crippen molar-refractivity contribution in [3.8, 4) is 6.07 Å². The van der Waals surface area contributed by atoms with Gasteiger partial charge in [-0.05, 0) is 12.3 Å². The fourth-order valence-electron chi connectivity index (χ4n) is 1.02. The Morgan fingerprint density at radius 3 is 3.00 bits per heavy atom. The molecule has 1 aliphatic heterocycles. The standard InChI is InChI=1S/C9H10NO2S/c1-3-12-9(11)8-6(2)7(4-10)5-13-8/h5-6H,3H2,1-2H3. The molecule has 0 aliphatic carbocycles. The van der Waals surface area contributed by atoms with E-state index in [0.717, 1.165) is 0 Å². The van der Waals surface area contributed by atoms with Gasteiger partial charge in [0.25, 0.3) is 0 Å². The summed E-state index contributed by atoms with van der Waals surface area (Å²) in [6, 6.07) is 2.05. The van der Waals surface area contributed by atoms with Crippen LogP contribution in [0, 0.1) is 22.5 Å².